The van der Waals surface area contributed by atoms with Crippen LogP contribution in [0.25, 0.3) is 0 Å². The molecule has 2 amide bonds. The number of ether oxygens (including phenoxy) is 2. The van der Waals surface area contributed by atoms with Gasteiger partial charge in [-0.3, -0.25) is 9.59 Å². The van der Waals surface area contributed by atoms with Crippen molar-refractivity contribution in [1.29, 1.82) is 0 Å². The number of anilines is 1. The highest BCUT2D eigenvalue weighted by Gasteiger charge is 2.36. The molecule has 0 atom stereocenters. The normalized spacial score (nSPS) is 11.0. The molecule has 0 aromatic heterocycles. The van der Waals surface area contributed by atoms with Gasteiger partial charge in [0.15, 0.2) is 11.5 Å². The molecule has 29 heavy (non-hydrogen) atoms. The standard InChI is InChI=1S/C23H30N2O4/c1-15-8-7-9-16(2)20(15)25-22(27)23(3,4)21(26)24-13-12-17-10-11-18(28-5)19(14-17)29-6/h7-11,14H,12-13H2,1-6H3,(H,24,26)(H,25,27). The molecule has 0 unspecified atom stereocenters. The number of methoxy groups -OCH3 is 2. The van der Waals surface area contributed by atoms with Gasteiger partial charge in [-0.2, -0.15) is 0 Å². The maximum Gasteiger partial charge on any atom is 0.239 e. The van der Waals surface area contributed by atoms with Crippen LogP contribution in [0.4, 0.5) is 5.69 Å². The topological polar surface area (TPSA) is 76.7 Å². The third kappa shape index (κ3) is 5.28. The van der Waals surface area contributed by atoms with Crippen LogP contribution in [0.3, 0.4) is 0 Å². The van der Waals surface area contributed by atoms with Crippen molar-refractivity contribution >= 4 is 17.5 Å². The Kier molecular flexibility index (Phi) is 7.26. The minimum absolute atomic E-state index is 0.318. The second kappa shape index (κ2) is 9.45. The Morgan fingerprint density at radius 2 is 1.55 bits per heavy atom. The van der Waals surface area contributed by atoms with E-state index in [1.807, 2.05) is 50.2 Å². The summed E-state index contributed by atoms with van der Waals surface area (Å²) >= 11 is 0. The zero-order valence-corrected chi connectivity index (χ0v) is 18.0. The van der Waals surface area contributed by atoms with Crippen LogP contribution in [0.5, 0.6) is 11.5 Å². The average molecular weight is 399 g/mol. The number of nitrogens with one attached hydrogen (secondary N) is 2. The van der Waals surface area contributed by atoms with E-state index >= 15 is 0 Å². The number of aryl methyl sites for hydroxylation is 2. The smallest absolute Gasteiger partial charge is 0.239 e. The molecule has 0 saturated heterocycles. The maximum atomic E-state index is 12.8. The fourth-order valence-electron chi connectivity index (χ4n) is 2.96. The van der Waals surface area contributed by atoms with E-state index in [0.717, 1.165) is 22.4 Å². The van der Waals surface area contributed by atoms with Crippen LogP contribution >= 0.6 is 0 Å². The van der Waals surface area contributed by atoms with Gasteiger partial charge in [0.1, 0.15) is 5.41 Å². The largest absolute Gasteiger partial charge is 0.493 e. The van der Waals surface area contributed by atoms with E-state index in [4.69, 9.17) is 9.47 Å². The van der Waals surface area contributed by atoms with Gasteiger partial charge in [-0.05, 0) is 62.9 Å². The van der Waals surface area contributed by atoms with Crippen molar-refractivity contribution in [3.8, 4) is 11.5 Å². The van der Waals surface area contributed by atoms with Crippen molar-refractivity contribution in [1.82, 2.24) is 5.32 Å². The van der Waals surface area contributed by atoms with Gasteiger partial charge in [-0.1, -0.05) is 24.3 Å². The molecule has 0 saturated carbocycles. The van der Waals surface area contributed by atoms with Crippen molar-refractivity contribution < 1.29 is 19.1 Å². The number of para-hydroxylation sites is 1. The zero-order chi connectivity index (χ0) is 21.6. The summed E-state index contributed by atoms with van der Waals surface area (Å²) in [5.74, 6) is 0.648. The van der Waals surface area contributed by atoms with E-state index in [0.29, 0.717) is 24.5 Å². The molecule has 0 aliphatic carbocycles. The second-order valence-corrected chi connectivity index (χ2v) is 7.54. The molecule has 0 fully saturated rings. The van der Waals surface area contributed by atoms with E-state index < -0.39 is 5.41 Å². The molecule has 0 heterocycles. The lowest BCUT2D eigenvalue weighted by Gasteiger charge is -2.24. The molecule has 6 nitrogen and oxygen atoms in total. The first kappa shape index (κ1) is 22.3. The van der Waals surface area contributed by atoms with Crippen molar-refractivity contribution in [3.05, 3.63) is 53.1 Å². The van der Waals surface area contributed by atoms with Gasteiger partial charge in [0.2, 0.25) is 11.8 Å². The molecule has 2 rings (SSSR count). The van der Waals surface area contributed by atoms with Crippen LogP contribution in [0, 0.1) is 19.3 Å². The zero-order valence-electron chi connectivity index (χ0n) is 18.0. The van der Waals surface area contributed by atoms with Gasteiger partial charge in [-0.25, -0.2) is 0 Å². The second-order valence-electron chi connectivity index (χ2n) is 7.54. The summed E-state index contributed by atoms with van der Waals surface area (Å²) in [5.41, 5.74) is 2.47. The predicted octanol–water partition coefficient (Wildman–Crippen LogP) is 3.64. The molecule has 2 aromatic carbocycles. The van der Waals surface area contributed by atoms with Gasteiger partial charge >= 0.3 is 0 Å². The Bertz CT molecular complexity index is 870. The summed E-state index contributed by atoms with van der Waals surface area (Å²) in [6.45, 7) is 7.52. The lowest BCUT2D eigenvalue weighted by atomic mass is 9.90. The first-order chi connectivity index (χ1) is 13.7. The predicted molar refractivity (Wildman–Crippen MR) is 115 cm³/mol. The van der Waals surface area contributed by atoms with Gasteiger partial charge in [0, 0.05) is 12.2 Å². The van der Waals surface area contributed by atoms with Crippen LogP contribution in [0.2, 0.25) is 0 Å². The molecule has 2 N–H and O–H groups in total. The summed E-state index contributed by atoms with van der Waals surface area (Å²) in [6, 6.07) is 11.4. The number of hydrogen-bond acceptors (Lipinski definition) is 4. The SMILES string of the molecule is COc1ccc(CCNC(=O)C(C)(C)C(=O)Nc2c(C)cccc2C)cc1OC. The lowest BCUT2D eigenvalue weighted by Crippen LogP contribution is -2.45. The first-order valence-electron chi connectivity index (χ1n) is 9.57. The highest BCUT2D eigenvalue weighted by molar-refractivity contribution is 6.10. The Hall–Kier alpha value is -3.02. The monoisotopic (exact) mass is 398 g/mol. The van der Waals surface area contributed by atoms with Crippen LogP contribution in [-0.4, -0.2) is 32.6 Å². The van der Waals surface area contributed by atoms with Gasteiger partial charge in [0.05, 0.1) is 14.2 Å². The van der Waals surface area contributed by atoms with E-state index in [1.54, 1.807) is 28.1 Å². The number of amides is 2. The van der Waals surface area contributed by atoms with E-state index in [1.165, 1.54) is 0 Å². The van der Waals surface area contributed by atoms with Crippen LogP contribution in [0.1, 0.15) is 30.5 Å². The number of rotatable bonds is 8. The molecular weight excluding hydrogens is 368 g/mol. The third-order valence-corrected chi connectivity index (χ3v) is 5.00. The Morgan fingerprint density at radius 1 is 0.931 bits per heavy atom. The fraction of sp³-hybridized carbons (Fsp3) is 0.391. The molecule has 6 heteroatoms. The lowest BCUT2D eigenvalue weighted by molar-refractivity contribution is -0.138. The highest BCUT2D eigenvalue weighted by atomic mass is 16.5. The minimum atomic E-state index is -1.20. The fourth-order valence-corrected chi connectivity index (χ4v) is 2.96. The summed E-state index contributed by atoms with van der Waals surface area (Å²) in [6.07, 6.45) is 0.612. The first-order valence-corrected chi connectivity index (χ1v) is 9.57. The minimum Gasteiger partial charge on any atom is -0.493 e. The van der Waals surface area contributed by atoms with Crippen LogP contribution in [0.15, 0.2) is 36.4 Å². The van der Waals surface area contributed by atoms with Crippen molar-refractivity contribution in [2.24, 2.45) is 5.41 Å². The number of hydrogen-bond donors (Lipinski definition) is 2. The van der Waals surface area contributed by atoms with Crippen molar-refractivity contribution in [2.75, 3.05) is 26.1 Å². The van der Waals surface area contributed by atoms with E-state index in [9.17, 15) is 9.59 Å². The van der Waals surface area contributed by atoms with Crippen molar-refractivity contribution in [2.45, 2.75) is 34.1 Å². The number of carbonyl (C=O) groups excluding carboxylic acids is 2. The van der Waals surface area contributed by atoms with Gasteiger partial charge < -0.3 is 20.1 Å². The molecule has 0 bridgehead atoms. The molecule has 156 valence electrons. The van der Waals surface area contributed by atoms with Gasteiger partial charge in [-0.15, -0.1) is 0 Å². The molecule has 0 aliphatic rings. The Balaban J connectivity index is 1.97. The summed E-state index contributed by atoms with van der Waals surface area (Å²) in [5, 5.41) is 5.77. The highest BCUT2D eigenvalue weighted by Crippen LogP contribution is 2.28. The maximum absolute atomic E-state index is 12.8. The van der Waals surface area contributed by atoms with Gasteiger partial charge in [0.25, 0.3) is 0 Å². The van der Waals surface area contributed by atoms with Crippen LogP contribution < -0.4 is 20.1 Å². The molecule has 0 aliphatic heterocycles. The summed E-state index contributed by atoms with van der Waals surface area (Å²) < 4.78 is 10.5. The number of carbonyl (C=O) groups is 2. The van der Waals surface area contributed by atoms with E-state index in [-0.39, 0.29) is 11.8 Å². The Labute approximate surface area is 172 Å². The molecule has 0 radical (unpaired) electrons. The summed E-state index contributed by atoms with van der Waals surface area (Å²) in [7, 11) is 3.17. The average Bonchev–Trinajstić information content (AvgIpc) is 2.70. The quantitative estimate of drug-likeness (QED) is 0.666. The molecule has 0 spiro atoms. The third-order valence-electron chi connectivity index (χ3n) is 5.00. The number of benzene rings is 2. The summed E-state index contributed by atoms with van der Waals surface area (Å²) in [4.78, 5) is 25.4. The van der Waals surface area contributed by atoms with Crippen LogP contribution in [-0.2, 0) is 16.0 Å². The molecule has 2 aromatic rings. The van der Waals surface area contributed by atoms with E-state index in [2.05, 4.69) is 10.6 Å². The molecular formula is C23H30N2O4. The van der Waals surface area contributed by atoms with Crippen molar-refractivity contribution in [3.63, 3.8) is 0 Å². The Morgan fingerprint density at radius 3 is 2.14 bits per heavy atom.